The minimum absolute atomic E-state index is 0.00269. The number of hydrogen-bond acceptors (Lipinski definition) is 2. The predicted molar refractivity (Wildman–Crippen MR) is 83.7 cm³/mol. The van der Waals surface area contributed by atoms with E-state index in [2.05, 4.69) is 26.1 Å². The van der Waals surface area contributed by atoms with Gasteiger partial charge in [0.15, 0.2) is 0 Å². The first-order valence-corrected chi connectivity index (χ1v) is 8.54. The lowest BCUT2D eigenvalue weighted by Gasteiger charge is -2.44. The highest BCUT2D eigenvalue weighted by molar-refractivity contribution is 5.96. The van der Waals surface area contributed by atoms with Gasteiger partial charge in [0.2, 0.25) is 11.8 Å². The van der Waals surface area contributed by atoms with Crippen LogP contribution in [-0.2, 0) is 9.59 Å². The summed E-state index contributed by atoms with van der Waals surface area (Å²) in [4.78, 5) is 26.9. The Bertz CT molecular complexity index is 388. The first-order chi connectivity index (χ1) is 9.91. The molecule has 1 saturated heterocycles. The molecule has 1 aliphatic heterocycles. The predicted octanol–water partition coefficient (Wildman–Crippen LogP) is 2.72. The molecule has 0 bridgehead atoms. The molecule has 1 heterocycles. The molecule has 0 aromatic carbocycles. The van der Waals surface area contributed by atoms with E-state index in [1.165, 1.54) is 32.1 Å². The number of hydrogen-bond donors (Lipinski definition) is 1. The average molecular weight is 294 g/mol. The number of nitrogens with zero attached hydrogens (tertiary/aromatic N) is 1. The summed E-state index contributed by atoms with van der Waals surface area (Å²) in [7, 11) is 0. The van der Waals surface area contributed by atoms with Crippen molar-refractivity contribution >= 4 is 11.8 Å². The van der Waals surface area contributed by atoms with Gasteiger partial charge in [-0.25, -0.2) is 0 Å². The topological polar surface area (TPSA) is 49.4 Å². The Kier molecular flexibility index (Phi) is 5.28. The first kappa shape index (κ1) is 16.3. The van der Waals surface area contributed by atoms with Crippen LogP contribution in [0, 0.1) is 11.8 Å². The maximum absolute atomic E-state index is 12.8. The summed E-state index contributed by atoms with van der Waals surface area (Å²) in [6.07, 6.45) is 6.93. The van der Waals surface area contributed by atoms with E-state index in [9.17, 15) is 9.59 Å². The van der Waals surface area contributed by atoms with Gasteiger partial charge >= 0.3 is 0 Å². The minimum Gasteiger partial charge on any atom is -0.343 e. The average Bonchev–Trinajstić information content (AvgIpc) is 2.45. The number of amides is 2. The Morgan fingerprint density at radius 1 is 1.14 bits per heavy atom. The van der Waals surface area contributed by atoms with E-state index in [-0.39, 0.29) is 29.9 Å². The Hall–Kier alpha value is -1.06. The third-order valence-corrected chi connectivity index (χ3v) is 5.14. The highest BCUT2D eigenvalue weighted by Crippen LogP contribution is 2.31. The van der Waals surface area contributed by atoms with Crippen molar-refractivity contribution in [3.63, 3.8) is 0 Å². The Balaban J connectivity index is 2.13. The zero-order valence-electron chi connectivity index (χ0n) is 13.9. The molecule has 2 fully saturated rings. The van der Waals surface area contributed by atoms with Gasteiger partial charge in [0.1, 0.15) is 12.1 Å². The van der Waals surface area contributed by atoms with Gasteiger partial charge < -0.3 is 10.2 Å². The van der Waals surface area contributed by atoms with Crippen LogP contribution in [0.3, 0.4) is 0 Å². The fourth-order valence-corrected chi connectivity index (χ4v) is 3.88. The number of carbonyl (C=O) groups excluding carboxylic acids is 2. The molecule has 0 radical (unpaired) electrons. The molecule has 120 valence electrons. The first-order valence-electron chi connectivity index (χ1n) is 8.54. The fourth-order valence-electron chi connectivity index (χ4n) is 3.88. The zero-order valence-corrected chi connectivity index (χ0v) is 13.9. The smallest absolute Gasteiger partial charge is 0.246 e. The van der Waals surface area contributed by atoms with Gasteiger partial charge in [-0.2, -0.15) is 0 Å². The van der Waals surface area contributed by atoms with Crippen molar-refractivity contribution in [1.29, 1.82) is 0 Å². The minimum atomic E-state index is -0.335. The maximum Gasteiger partial charge on any atom is 0.246 e. The summed E-state index contributed by atoms with van der Waals surface area (Å²) in [6, 6.07) is -0.494. The van der Waals surface area contributed by atoms with Crippen molar-refractivity contribution in [2.24, 2.45) is 11.8 Å². The SMILES string of the molecule is CC(C)CC1NC(=O)C(C)N(C(C)C2CCCCC2)C1=O. The van der Waals surface area contributed by atoms with Gasteiger partial charge in [0, 0.05) is 6.04 Å². The molecule has 2 rings (SSSR count). The number of rotatable bonds is 4. The Labute approximate surface area is 128 Å². The van der Waals surface area contributed by atoms with Crippen LogP contribution in [0.2, 0.25) is 0 Å². The molecule has 3 unspecified atom stereocenters. The number of piperazine rings is 1. The summed E-state index contributed by atoms with van der Waals surface area (Å²) in [5.74, 6) is 1.08. The lowest BCUT2D eigenvalue weighted by atomic mass is 9.82. The van der Waals surface area contributed by atoms with E-state index in [4.69, 9.17) is 0 Å². The normalized spacial score (nSPS) is 29.7. The van der Waals surface area contributed by atoms with Crippen molar-refractivity contribution in [1.82, 2.24) is 10.2 Å². The summed E-state index contributed by atoms with van der Waals surface area (Å²) in [6.45, 7) is 8.17. The van der Waals surface area contributed by atoms with E-state index < -0.39 is 0 Å². The molecule has 0 aromatic rings. The van der Waals surface area contributed by atoms with Gasteiger partial charge in [-0.3, -0.25) is 9.59 Å². The lowest BCUT2D eigenvalue weighted by molar-refractivity contribution is -0.153. The van der Waals surface area contributed by atoms with E-state index in [1.807, 2.05) is 11.8 Å². The number of nitrogens with one attached hydrogen (secondary N) is 1. The van der Waals surface area contributed by atoms with E-state index in [0.29, 0.717) is 11.8 Å². The van der Waals surface area contributed by atoms with Crippen molar-refractivity contribution in [2.45, 2.75) is 84.3 Å². The highest BCUT2D eigenvalue weighted by Gasteiger charge is 2.42. The Morgan fingerprint density at radius 2 is 1.76 bits per heavy atom. The van der Waals surface area contributed by atoms with Crippen LogP contribution in [0.15, 0.2) is 0 Å². The molecule has 0 spiro atoms. The third-order valence-electron chi connectivity index (χ3n) is 5.14. The van der Waals surface area contributed by atoms with E-state index >= 15 is 0 Å². The summed E-state index contributed by atoms with van der Waals surface area (Å²) < 4.78 is 0. The van der Waals surface area contributed by atoms with Crippen molar-refractivity contribution < 1.29 is 9.59 Å². The third kappa shape index (κ3) is 3.58. The molecule has 1 N–H and O–H groups in total. The molecule has 0 aromatic heterocycles. The van der Waals surface area contributed by atoms with Crippen molar-refractivity contribution in [3.05, 3.63) is 0 Å². The standard InChI is InChI=1S/C17H30N2O2/c1-11(2)10-15-17(21)19(13(4)16(20)18-15)12(3)14-8-6-5-7-9-14/h11-15H,5-10H2,1-4H3,(H,18,20). The van der Waals surface area contributed by atoms with Crippen LogP contribution in [0.1, 0.15) is 66.2 Å². The Morgan fingerprint density at radius 3 is 2.33 bits per heavy atom. The van der Waals surface area contributed by atoms with Crippen LogP contribution in [0.25, 0.3) is 0 Å². The summed E-state index contributed by atoms with van der Waals surface area (Å²) >= 11 is 0. The highest BCUT2D eigenvalue weighted by atomic mass is 16.2. The maximum atomic E-state index is 12.8. The van der Waals surface area contributed by atoms with E-state index in [0.717, 1.165) is 6.42 Å². The van der Waals surface area contributed by atoms with Gasteiger partial charge in [-0.15, -0.1) is 0 Å². The van der Waals surface area contributed by atoms with E-state index in [1.54, 1.807) is 0 Å². The van der Waals surface area contributed by atoms with Crippen LogP contribution in [-0.4, -0.2) is 34.8 Å². The molecule has 2 amide bonds. The molecule has 1 aliphatic carbocycles. The summed E-state index contributed by atoms with van der Waals surface area (Å²) in [5.41, 5.74) is 0. The van der Waals surface area contributed by atoms with Gasteiger partial charge in [0.25, 0.3) is 0 Å². The second-order valence-corrected chi connectivity index (χ2v) is 7.25. The molecule has 21 heavy (non-hydrogen) atoms. The van der Waals surface area contributed by atoms with Crippen LogP contribution < -0.4 is 5.32 Å². The zero-order chi connectivity index (χ0) is 15.6. The second-order valence-electron chi connectivity index (χ2n) is 7.25. The largest absolute Gasteiger partial charge is 0.343 e. The number of carbonyl (C=O) groups is 2. The molecule has 3 atom stereocenters. The van der Waals surface area contributed by atoms with Gasteiger partial charge in [-0.05, 0) is 44.9 Å². The van der Waals surface area contributed by atoms with Crippen molar-refractivity contribution in [3.8, 4) is 0 Å². The molecular weight excluding hydrogens is 264 g/mol. The van der Waals surface area contributed by atoms with Crippen molar-refractivity contribution in [2.75, 3.05) is 0 Å². The monoisotopic (exact) mass is 294 g/mol. The fraction of sp³-hybridized carbons (Fsp3) is 0.882. The van der Waals surface area contributed by atoms with Gasteiger partial charge in [-0.1, -0.05) is 33.1 Å². The molecule has 4 nitrogen and oxygen atoms in total. The summed E-state index contributed by atoms with van der Waals surface area (Å²) in [5, 5.41) is 2.90. The molecular formula is C17H30N2O2. The van der Waals surface area contributed by atoms with Gasteiger partial charge in [0.05, 0.1) is 0 Å². The van der Waals surface area contributed by atoms with Crippen LogP contribution in [0.5, 0.6) is 0 Å². The molecule has 2 aliphatic rings. The molecule has 4 heteroatoms. The quantitative estimate of drug-likeness (QED) is 0.866. The molecule has 1 saturated carbocycles. The lowest BCUT2D eigenvalue weighted by Crippen LogP contribution is -2.65. The van der Waals surface area contributed by atoms with Crippen LogP contribution in [0.4, 0.5) is 0 Å². The second kappa shape index (κ2) is 6.80. The van der Waals surface area contributed by atoms with Crippen LogP contribution >= 0.6 is 0 Å².